The zero-order valence-corrected chi connectivity index (χ0v) is 25.7. The zero-order chi connectivity index (χ0) is 31.7. The predicted octanol–water partition coefficient (Wildman–Crippen LogP) is 9.89. The minimum atomic E-state index is 0.689. The fourth-order valence-corrected chi connectivity index (χ4v) is 6.09. The Labute approximate surface area is 271 Å². The molecule has 0 bridgehead atoms. The maximum absolute atomic E-state index is 5.21. The van der Waals surface area contributed by atoms with E-state index in [2.05, 4.69) is 89.5 Å². The van der Waals surface area contributed by atoms with Crippen LogP contribution < -0.4 is 0 Å². The number of aliphatic imine (C=N–C) groups is 1. The molecule has 3 aromatic carbocycles. The third-order valence-electron chi connectivity index (χ3n) is 8.33. The van der Waals surface area contributed by atoms with Crippen LogP contribution in [0.2, 0.25) is 0 Å². The van der Waals surface area contributed by atoms with Crippen LogP contribution in [0.25, 0.3) is 83.1 Å². The van der Waals surface area contributed by atoms with Crippen LogP contribution in [0.4, 0.5) is 0 Å². The van der Waals surface area contributed by atoms with Crippen LogP contribution in [0.1, 0.15) is 12.6 Å². The number of aromatic nitrogens is 5. The standard InChI is InChI=1S/C41H28N6/c1-3-4-12-34(42-2)37-24-29(25-38(46-37)35-14-7-8-21-43-35)27-16-19-32-28(23-27)17-20-36(45-32)39-30-11-5-6-13-33(30)47-41-31(39)18-15-26-10-9-22-44-40(26)41/h3-25H,2H2,1H3/b4-3-,34-12-. The van der Waals surface area contributed by atoms with Gasteiger partial charge in [0.1, 0.15) is 0 Å². The summed E-state index contributed by atoms with van der Waals surface area (Å²) in [6.45, 7) is 5.76. The molecule has 6 heteroatoms. The van der Waals surface area contributed by atoms with Gasteiger partial charge in [0.05, 0.1) is 50.5 Å². The average molecular weight is 605 g/mol. The van der Waals surface area contributed by atoms with Gasteiger partial charge in [0, 0.05) is 39.5 Å². The maximum Gasteiger partial charge on any atom is 0.0979 e. The SMILES string of the molecule is C=N/C(=C\C=C/C)c1cc(-c2ccc3nc(-c4c5ccccc5nc5c4ccc4cccnc45)ccc3c2)cc(-c2ccccn2)n1. The topological polar surface area (TPSA) is 76.8 Å². The van der Waals surface area contributed by atoms with E-state index in [0.717, 1.165) is 83.1 Å². The number of hydrogen-bond acceptors (Lipinski definition) is 6. The molecule has 47 heavy (non-hydrogen) atoms. The molecule has 6 nitrogen and oxygen atoms in total. The van der Waals surface area contributed by atoms with E-state index in [0.29, 0.717) is 5.70 Å². The van der Waals surface area contributed by atoms with Gasteiger partial charge in [0.25, 0.3) is 0 Å². The average Bonchev–Trinajstić information content (AvgIpc) is 3.14. The first-order valence-electron chi connectivity index (χ1n) is 15.4. The number of hydrogen-bond donors (Lipinski definition) is 0. The van der Waals surface area contributed by atoms with Crippen molar-refractivity contribution < 1.29 is 0 Å². The fraction of sp³-hybridized carbons (Fsp3) is 0.0244. The Morgan fingerprint density at radius 1 is 0.617 bits per heavy atom. The van der Waals surface area contributed by atoms with Crippen LogP contribution in [0, 0.1) is 0 Å². The molecule has 222 valence electrons. The molecule has 0 spiro atoms. The van der Waals surface area contributed by atoms with E-state index in [9.17, 15) is 0 Å². The van der Waals surface area contributed by atoms with Crippen LogP contribution in [0.5, 0.6) is 0 Å². The van der Waals surface area contributed by atoms with E-state index in [1.165, 1.54) is 0 Å². The molecular weight excluding hydrogens is 576 g/mol. The van der Waals surface area contributed by atoms with Crippen molar-refractivity contribution in [3.8, 4) is 33.8 Å². The first-order valence-corrected chi connectivity index (χ1v) is 15.4. The van der Waals surface area contributed by atoms with Crippen LogP contribution in [-0.2, 0) is 0 Å². The quantitative estimate of drug-likeness (QED) is 0.0817. The number of rotatable bonds is 6. The largest absolute Gasteiger partial charge is 0.262 e. The molecule has 0 saturated carbocycles. The second-order valence-corrected chi connectivity index (χ2v) is 11.2. The molecule has 0 unspecified atom stereocenters. The summed E-state index contributed by atoms with van der Waals surface area (Å²) in [6, 6.07) is 37.1. The minimum Gasteiger partial charge on any atom is -0.262 e. The molecule has 5 aromatic heterocycles. The van der Waals surface area contributed by atoms with Crippen molar-refractivity contribution in [1.82, 2.24) is 24.9 Å². The molecule has 0 aliphatic rings. The van der Waals surface area contributed by atoms with E-state index < -0.39 is 0 Å². The molecule has 0 aliphatic carbocycles. The summed E-state index contributed by atoms with van der Waals surface area (Å²) >= 11 is 0. The second-order valence-electron chi connectivity index (χ2n) is 11.2. The summed E-state index contributed by atoms with van der Waals surface area (Å²) in [5, 5.41) is 4.18. The highest BCUT2D eigenvalue weighted by Gasteiger charge is 2.16. The van der Waals surface area contributed by atoms with Crippen molar-refractivity contribution in [1.29, 1.82) is 0 Å². The fourth-order valence-electron chi connectivity index (χ4n) is 6.09. The van der Waals surface area contributed by atoms with Gasteiger partial charge < -0.3 is 0 Å². The summed E-state index contributed by atoms with van der Waals surface area (Å²) < 4.78 is 0. The molecule has 8 rings (SSSR count). The Morgan fingerprint density at radius 2 is 1.49 bits per heavy atom. The summed E-state index contributed by atoms with van der Waals surface area (Å²) in [5.74, 6) is 0. The lowest BCUT2D eigenvalue weighted by Gasteiger charge is -2.13. The molecule has 0 radical (unpaired) electrons. The Morgan fingerprint density at radius 3 is 2.36 bits per heavy atom. The third kappa shape index (κ3) is 5.12. The van der Waals surface area contributed by atoms with Gasteiger partial charge in [-0.1, -0.05) is 66.7 Å². The molecule has 8 aromatic rings. The first-order chi connectivity index (χ1) is 23.2. The number of benzene rings is 3. The van der Waals surface area contributed by atoms with Gasteiger partial charge in [-0.3, -0.25) is 15.0 Å². The van der Waals surface area contributed by atoms with Crippen molar-refractivity contribution >= 4 is 56.0 Å². The van der Waals surface area contributed by atoms with Crippen molar-refractivity contribution in [3.05, 3.63) is 146 Å². The zero-order valence-electron chi connectivity index (χ0n) is 25.7. The normalized spacial score (nSPS) is 12.1. The van der Waals surface area contributed by atoms with E-state index in [-0.39, 0.29) is 0 Å². The molecule has 0 atom stereocenters. The van der Waals surface area contributed by atoms with Crippen molar-refractivity contribution in [2.24, 2.45) is 4.99 Å². The summed E-state index contributed by atoms with van der Waals surface area (Å²) in [5.41, 5.74) is 10.5. The van der Waals surface area contributed by atoms with Gasteiger partial charge in [0.2, 0.25) is 0 Å². The van der Waals surface area contributed by atoms with Crippen LogP contribution in [0.15, 0.2) is 145 Å². The summed E-state index contributed by atoms with van der Waals surface area (Å²) in [4.78, 5) is 28.7. The van der Waals surface area contributed by atoms with E-state index in [4.69, 9.17) is 19.9 Å². The van der Waals surface area contributed by atoms with Crippen LogP contribution in [-0.4, -0.2) is 31.6 Å². The molecular formula is C41H28N6. The highest BCUT2D eigenvalue weighted by Crippen LogP contribution is 2.37. The van der Waals surface area contributed by atoms with Crippen LogP contribution >= 0.6 is 0 Å². The van der Waals surface area contributed by atoms with Crippen molar-refractivity contribution in [2.75, 3.05) is 0 Å². The molecule has 0 N–H and O–H groups in total. The van der Waals surface area contributed by atoms with Gasteiger partial charge in [-0.05, 0) is 85.4 Å². The first kappa shape index (κ1) is 28.1. The van der Waals surface area contributed by atoms with Crippen LogP contribution in [0.3, 0.4) is 0 Å². The van der Waals surface area contributed by atoms with Gasteiger partial charge in [-0.25, -0.2) is 15.0 Å². The predicted molar refractivity (Wildman–Crippen MR) is 194 cm³/mol. The monoisotopic (exact) mass is 604 g/mol. The molecule has 0 fully saturated rings. The van der Waals surface area contributed by atoms with Gasteiger partial charge in [-0.2, -0.15) is 0 Å². The lowest BCUT2D eigenvalue weighted by Crippen LogP contribution is -1.95. The molecule has 0 amide bonds. The third-order valence-corrected chi connectivity index (χ3v) is 8.33. The number of nitrogens with zero attached hydrogens (tertiary/aromatic N) is 6. The summed E-state index contributed by atoms with van der Waals surface area (Å²) in [6.07, 6.45) is 9.41. The maximum atomic E-state index is 5.21. The highest BCUT2D eigenvalue weighted by atomic mass is 14.8. The van der Waals surface area contributed by atoms with Gasteiger partial charge in [0.15, 0.2) is 0 Å². The number of fused-ring (bicyclic) bond motifs is 5. The van der Waals surface area contributed by atoms with Crippen molar-refractivity contribution in [2.45, 2.75) is 6.92 Å². The Kier molecular flexibility index (Phi) is 7.08. The Hall–Kier alpha value is -6.40. The summed E-state index contributed by atoms with van der Waals surface area (Å²) in [7, 11) is 0. The van der Waals surface area contributed by atoms with Crippen molar-refractivity contribution in [3.63, 3.8) is 0 Å². The second kappa shape index (κ2) is 11.8. The minimum absolute atomic E-state index is 0.689. The highest BCUT2D eigenvalue weighted by molar-refractivity contribution is 6.15. The van der Waals surface area contributed by atoms with Gasteiger partial charge >= 0.3 is 0 Å². The molecule has 5 heterocycles. The van der Waals surface area contributed by atoms with E-state index >= 15 is 0 Å². The number of pyridine rings is 5. The lowest BCUT2D eigenvalue weighted by atomic mass is 9.97. The Bertz CT molecular complexity index is 2550. The number of para-hydroxylation sites is 1. The van der Waals surface area contributed by atoms with E-state index in [1.807, 2.05) is 67.7 Å². The smallest absolute Gasteiger partial charge is 0.0979 e. The molecule has 0 saturated heterocycles. The number of allylic oxidation sites excluding steroid dienone is 3. The Balaban J connectivity index is 1.28. The molecule has 0 aliphatic heterocycles. The van der Waals surface area contributed by atoms with E-state index in [1.54, 1.807) is 6.20 Å². The van der Waals surface area contributed by atoms with Gasteiger partial charge in [-0.15, -0.1) is 0 Å². The lowest BCUT2D eigenvalue weighted by molar-refractivity contribution is 1.21.